The maximum absolute atomic E-state index is 11.9. The van der Waals surface area contributed by atoms with Gasteiger partial charge in [0.25, 0.3) is 11.8 Å². The normalized spacial score (nSPS) is 11.4. The highest BCUT2D eigenvalue weighted by atomic mass is 16.2. The summed E-state index contributed by atoms with van der Waals surface area (Å²) in [5, 5.41) is 7.56. The summed E-state index contributed by atoms with van der Waals surface area (Å²) in [7, 11) is 1.72. The fraction of sp³-hybridized carbons (Fsp3) is 0.438. The lowest BCUT2D eigenvalue weighted by atomic mass is 10.2. The molecule has 1 aromatic rings. The van der Waals surface area contributed by atoms with Gasteiger partial charge in [-0.15, -0.1) is 0 Å². The average molecular weight is 321 g/mol. The monoisotopic (exact) mass is 321 g/mol. The van der Waals surface area contributed by atoms with E-state index in [9.17, 15) is 14.4 Å². The summed E-state index contributed by atoms with van der Waals surface area (Å²) in [4.78, 5) is 35.6. The molecule has 1 unspecified atom stereocenters. The Hall–Kier alpha value is -2.41. The summed E-state index contributed by atoms with van der Waals surface area (Å²) >= 11 is 0. The van der Waals surface area contributed by atoms with E-state index in [0.717, 1.165) is 17.7 Å². The van der Waals surface area contributed by atoms with Crippen molar-refractivity contribution in [1.82, 2.24) is 10.6 Å². The lowest BCUT2D eigenvalue weighted by molar-refractivity contribution is -0.862. The Morgan fingerprint density at radius 2 is 1.65 bits per heavy atom. The zero-order valence-electron chi connectivity index (χ0n) is 13.9. The molecule has 0 aliphatic carbocycles. The molecule has 1 rings (SSSR count). The van der Waals surface area contributed by atoms with Crippen molar-refractivity contribution in [1.29, 1.82) is 0 Å². The number of hydrogen-bond acceptors (Lipinski definition) is 3. The van der Waals surface area contributed by atoms with Gasteiger partial charge in [-0.3, -0.25) is 14.9 Å². The van der Waals surface area contributed by atoms with Crippen LogP contribution >= 0.6 is 0 Å². The maximum atomic E-state index is 11.9. The first kappa shape index (κ1) is 18.6. The number of hydrogen-bond donors (Lipinski definition) is 4. The first-order chi connectivity index (χ1) is 10.9. The Balaban J connectivity index is 2.33. The van der Waals surface area contributed by atoms with E-state index in [4.69, 9.17) is 0 Å². The third-order valence-corrected chi connectivity index (χ3v) is 3.05. The van der Waals surface area contributed by atoms with Crippen LogP contribution in [0.15, 0.2) is 24.3 Å². The molecule has 0 heterocycles. The maximum Gasteiger partial charge on any atom is 0.321 e. The number of imide groups is 1. The first-order valence-electron chi connectivity index (χ1n) is 7.66. The number of carbonyl (C=O) groups is 3. The number of nitrogens with one attached hydrogen (secondary N) is 4. The van der Waals surface area contributed by atoms with Crippen LogP contribution in [0.1, 0.15) is 18.9 Å². The molecule has 126 valence electrons. The molecule has 0 aliphatic rings. The minimum absolute atomic E-state index is 0.0425. The summed E-state index contributed by atoms with van der Waals surface area (Å²) in [6.45, 7) is 4.59. The number of aryl methyl sites for hydroxylation is 1. The second-order valence-electron chi connectivity index (χ2n) is 5.53. The van der Waals surface area contributed by atoms with Gasteiger partial charge in [-0.1, -0.05) is 24.6 Å². The van der Waals surface area contributed by atoms with Crippen molar-refractivity contribution in [2.24, 2.45) is 0 Å². The van der Waals surface area contributed by atoms with E-state index in [1.165, 1.54) is 0 Å². The predicted molar refractivity (Wildman–Crippen MR) is 88.3 cm³/mol. The van der Waals surface area contributed by atoms with Crippen molar-refractivity contribution in [3.05, 3.63) is 29.8 Å². The molecule has 7 nitrogen and oxygen atoms in total. The van der Waals surface area contributed by atoms with Crippen LogP contribution in [0.4, 0.5) is 10.5 Å². The van der Waals surface area contributed by atoms with Crippen molar-refractivity contribution in [2.75, 3.05) is 32.0 Å². The Morgan fingerprint density at radius 1 is 1.04 bits per heavy atom. The van der Waals surface area contributed by atoms with Gasteiger partial charge in [-0.05, 0) is 25.5 Å². The fourth-order valence-electron chi connectivity index (χ4n) is 1.91. The van der Waals surface area contributed by atoms with Gasteiger partial charge in [0.1, 0.15) is 0 Å². The first-order valence-corrected chi connectivity index (χ1v) is 7.66. The van der Waals surface area contributed by atoms with Crippen LogP contribution in [0.3, 0.4) is 0 Å². The smallest absolute Gasteiger partial charge is 0.321 e. The van der Waals surface area contributed by atoms with E-state index in [0.29, 0.717) is 11.4 Å². The standard InChI is InChI=1S/C16H24N4O3/c1-4-9-17-16(23)19-15(22)11-20(3)10-14(21)18-13-7-5-12(2)6-8-13/h5-8H,4,9-11H2,1-3H3,(H,18,21)(H2,17,19,22,23)/p+1. The molecular weight excluding hydrogens is 296 g/mol. The molecule has 0 saturated carbocycles. The van der Waals surface area contributed by atoms with Crippen LogP contribution < -0.4 is 20.9 Å². The number of carbonyl (C=O) groups excluding carboxylic acids is 3. The third-order valence-electron chi connectivity index (χ3n) is 3.05. The SMILES string of the molecule is CCCNC(=O)NC(=O)C[NH+](C)CC(=O)Nc1ccc(C)cc1. The molecule has 7 heteroatoms. The van der Waals surface area contributed by atoms with Crippen molar-refractivity contribution in [3.63, 3.8) is 0 Å². The van der Waals surface area contributed by atoms with Crippen LogP contribution in [0.25, 0.3) is 0 Å². The minimum atomic E-state index is -0.506. The quantitative estimate of drug-likeness (QED) is 0.555. The summed E-state index contributed by atoms with van der Waals surface area (Å²) in [5.74, 6) is -0.603. The number of anilines is 1. The van der Waals surface area contributed by atoms with Gasteiger partial charge in [0.2, 0.25) is 0 Å². The molecular formula is C16H25N4O3+. The largest absolute Gasteiger partial charge is 0.338 e. The van der Waals surface area contributed by atoms with E-state index in [1.807, 2.05) is 38.1 Å². The van der Waals surface area contributed by atoms with Crippen molar-refractivity contribution < 1.29 is 19.3 Å². The third kappa shape index (κ3) is 7.96. The van der Waals surface area contributed by atoms with Crippen LogP contribution in [0, 0.1) is 6.92 Å². The highest BCUT2D eigenvalue weighted by molar-refractivity contribution is 5.95. The minimum Gasteiger partial charge on any atom is -0.338 e. The van der Waals surface area contributed by atoms with Gasteiger partial charge < -0.3 is 15.5 Å². The number of quaternary nitrogens is 1. The number of likely N-dealkylation sites (N-methyl/N-ethyl adjacent to an activating group) is 1. The molecule has 23 heavy (non-hydrogen) atoms. The van der Waals surface area contributed by atoms with Gasteiger partial charge in [0.05, 0.1) is 7.05 Å². The molecule has 4 amide bonds. The van der Waals surface area contributed by atoms with Gasteiger partial charge in [-0.25, -0.2) is 4.79 Å². The van der Waals surface area contributed by atoms with Gasteiger partial charge in [0, 0.05) is 12.2 Å². The number of urea groups is 1. The van der Waals surface area contributed by atoms with Gasteiger partial charge in [0.15, 0.2) is 13.1 Å². The van der Waals surface area contributed by atoms with Crippen LogP contribution in [-0.4, -0.2) is 44.5 Å². The molecule has 4 N–H and O–H groups in total. The van der Waals surface area contributed by atoms with E-state index >= 15 is 0 Å². The van der Waals surface area contributed by atoms with Crippen LogP contribution in [-0.2, 0) is 9.59 Å². The number of rotatable bonds is 7. The molecule has 0 spiro atoms. The van der Waals surface area contributed by atoms with Crippen molar-refractivity contribution in [3.8, 4) is 0 Å². The molecule has 0 saturated heterocycles. The van der Waals surface area contributed by atoms with Crippen LogP contribution in [0.2, 0.25) is 0 Å². The zero-order chi connectivity index (χ0) is 17.2. The molecule has 1 atom stereocenters. The Labute approximate surface area is 136 Å². The van der Waals surface area contributed by atoms with E-state index in [2.05, 4.69) is 16.0 Å². The molecule has 0 fully saturated rings. The summed E-state index contributed by atoms with van der Waals surface area (Å²) in [6, 6.07) is 6.97. The van der Waals surface area contributed by atoms with Crippen LogP contribution in [0.5, 0.6) is 0 Å². The Bertz CT molecular complexity index is 543. The van der Waals surface area contributed by atoms with Gasteiger partial charge >= 0.3 is 6.03 Å². The lowest BCUT2D eigenvalue weighted by Crippen LogP contribution is -3.11. The van der Waals surface area contributed by atoms with Crippen molar-refractivity contribution >= 4 is 23.5 Å². The second-order valence-corrected chi connectivity index (χ2v) is 5.53. The predicted octanol–water partition coefficient (Wildman–Crippen LogP) is -0.316. The average Bonchev–Trinajstić information content (AvgIpc) is 2.47. The van der Waals surface area contributed by atoms with E-state index in [1.54, 1.807) is 7.05 Å². The zero-order valence-corrected chi connectivity index (χ0v) is 13.9. The second kappa shape index (κ2) is 9.58. The summed E-state index contributed by atoms with van der Waals surface area (Å²) in [6.07, 6.45) is 0.798. The summed E-state index contributed by atoms with van der Waals surface area (Å²) in [5.41, 5.74) is 1.83. The fourth-order valence-corrected chi connectivity index (χ4v) is 1.91. The Kier molecular flexibility index (Phi) is 7.76. The Morgan fingerprint density at radius 3 is 2.26 bits per heavy atom. The number of benzene rings is 1. The molecule has 0 bridgehead atoms. The highest BCUT2D eigenvalue weighted by Gasteiger charge is 2.16. The van der Waals surface area contributed by atoms with E-state index < -0.39 is 11.9 Å². The molecule has 0 aliphatic heterocycles. The van der Waals surface area contributed by atoms with E-state index in [-0.39, 0.29) is 19.0 Å². The van der Waals surface area contributed by atoms with Gasteiger partial charge in [-0.2, -0.15) is 0 Å². The lowest BCUT2D eigenvalue weighted by Gasteiger charge is -2.13. The topological polar surface area (TPSA) is 91.7 Å². The molecule has 0 aromatic heterocycles. The number of amides is 4. The molecule has 1 aromatic carbocycles. The summed E-state index contributed by atoms with van der Waals surface area (Å²) < 4.78 is 0. The van der Waals surface area contributed by atoms with Crippen molar-refractivity contribution in [2.45, 2.75) is 20.3 Å². The molecule has 0 radical (unpaired) electrons. The highest BCUT2D eigenvalue weighted by Crippen LogP contribution is 2.07.